The number of hydrogen-bond acceptors (Lipinski definition) is 4. The van der Waals surface area contributed by atoms with Crippen molar-refractivity contribution in [2.24, 2.45) is 0 Å². The Labute approximate surface area is 189 Å². The van der Waals surface area contributed by atoms with E-state index in [0.717, 1.165) is 12.1 Å². The summed E-state index contributed by atoms with van der Waals surface area (Å²) in [5, 5.41) is 8.48. The number of ether oxygens (including phenoxy) is 1. The van der Waals surface area contributed by atoms with Gasteiger partial charge in [-0.3, -0.25) is 0 Å². The van der Waals surface area contributed by atoms with Crippen molar-refractivity contribution >= 4 is 40.7 Å². The maximum absolute atomic E-state index is 13.8. The van der Waals surface area contributed by atoms with Crippen LogP contribution in [0.5, 0.6) is 0 Å². The first-order chi connectivity index (χ1) is 15.2. The summed E-state index contributed by atoms with van der Waals surface area (Å²) in [6.07, 6.45) is 0. The van der Waals surface area contributed by atoms with Crippen LogP contribution >= 0.6 is 12.2 Å². The number of thiocarbonyl (C=S) groups is 1. The number of benzene rings is 2. The molecule has 3 N–H and O–H groups in total. The standard InChI is InChI=1S/C22H22F2N4O3S/c1-4-31-20(29)18-12(2)28(3)22(32)27-19(18)13-6-5-7-15(10-13)25-21(30)26-17-9-8-14(23)11-16(17)24/h5-11,19H,4H2,1-3H3,(H,27,32)(H2,25,26,30). The molecule has 0 spiro atoms. The number of urea groups is 1. The van der Waals surface area contributed by atoms with E-state index in [0.29, 0.717) is 33.7 Å². The van der Waals surface area contributed by atoms with Crippen molar-refractivity contribution in [3.05, 3.63) is 70.9 Å². The third kappa shape index (κ3) is 5.02. The van der Waals surface area contributed by atoms with E-state index in [-0.39, 0.29) is 12.3 Å². The number of amides is 2. The SMILES string of the molecule is CCOC(=O)C1=C(C)N(C)C(=S)NC1c1cccc(NC(=O)Nc2ccc(F)cc2F)c1. The number of esters is 1. The second-order valence-electron chi connectivity index (χ2n) is 6.99. The molecule has 2 aromatic carbocycles. The molecule has 168 valence electrons. The van der Waals surface area contributed by atoms with Crippen LogP contribution in [-0.2, 0) is 9.53 Å². The van der Waals surface area contributed by atoms with E-state index in [9.17, 15) is 18.4 Å². The van der Waals surface area contributed by atoms with Crippen molar-refractivity contribution in [2.45, 2.75) is 19.9 Å². The Bertz CT molecular complexity index is 1110. The zero-order valence-corrected chi connectivity index (χ0v) is 18.5. The molecule has 1 atom stereocenters. The number of rotatable bonds is 5. The third-order valence-corrected chi connectivity index (χ3v) is 5.30. The maximum atomic E-state index is 13.8. The van der Waals surface area contributed by atoms with Gasteiger partial charge >= 0.3 is 12.0 Å². The minimum atomic E-state index is -0.891. The molecule has 0 bridgehead atoms. The highest BCUT2D eigenvalue weighted by molar-refractivity contribution is 7.80. The predicted molar refractivity (Wildman–Crippen MR) is 121 cm³/mol. The van der Waals surface area contributed by atoms with Crippen molar-refractivity contribution < 1.29 is 23.1 Å². The van der Waals surface area contributed by atoms with Crippen LogP contribution in [-0.4, -0.2) is 35.7 Å². The lowest BCUT2D eigenvalue weighted by molar-refractivity contribution is -0.139. The quantitative estimate of drug-likeness (QED) is 0.456. The number of nitrogens with zero attached hydrogens (tertiary/aromatic N) is 1. The van der Waals surface area contributed by atoms with Gasteiger partial charge in [-0.15, -0.1) is 0 Å². The van der Waals surface area contributed by atoms with Crippen LogP contribution in [0, 0.1) is 11.6 Å². The van der Waals surface area contributed by atoms with E-state index in [4.69, 9.17) is 17.0 Å². The summed E-state index contributed by atoms with van der Waals surface area (Å²) in [7, 11) is 1.75. The van der Waals surface area contributed by atoms with Gasteiger partial charge in [0.15, 0.2) is 5.11 Å². The van der Waals surface area contributed by atoms with Gasteiger partial charge in [0.25, 0.3) is 0 Å². The minimum absolute atomic E-state index is 0.162. The molecule has 0 saturated carbocycles. The van der Waals surface area contributed by atoms with Crippen molar-refractivity contribution in [2.75, 3.05) is 24.3 Å². The Kier molecular flexibility index (Phi) is 7.04. The molecule has 1 heterocycles. The molecule has 0 radical (unpaired) electrons. The van der Waals surface area contributed by atoms with Gasteiger partial charge in [0.2, 0.25) is 0 Å². The molecule has 0 saturated heterocycles. The van der Waals surface area contributed by atoms with Gasteiger partial charge in [0, 0.05) is 24.5 Å². The fourth-order valence-corrected chi connectivity index (χ4v) is 3.49. The topological polar surface area (TPSA) is 82.7 Å². The van der Waals surface area contributed by atoms with Crippen LogP contribution in [0.3, 0.4) is 0 Å². The van der Waals surface area contributed by atoms with Crippen LogP contribution < -0.4 is 16.0 Å². The summed E-state index contributed by atoms with van der Waals surface area (Å²) < 4.78 is 32.1. The lowest BCUT2D eigenvalue weighted by Gasteiger charge is -2.35. The zero-order valence-electron chi connectivity index (χ0n) is 17.7. The van der Waals surface area contributed by atoms with Gasteiger partial charge in [0.05, 0.1) is 23.9 Å². The highest BCUT2D eigenvalue weighted by atomic mass is 32.1. The Morgan fingerprint density at radius 3 is 2.62 bits per heavy atom. The first kappa shape index (κ1) is 23.1. The average molecular weight is 461 g/mol. The molecule has 0 aliphatic carbocycles. The van der Waals surface area contributed by atoms with Gasteiger partial charge in [-0.05, 0) is 55.9 Å². The van der Waals surface area contributed by atoms with Crippen LogP contribution in [0.25, 0.3) is 0 Å². The van der Waals surface area contributed by atoms with Gasteiger partial charge in [-0.1, -0.05) is 12.1 Å². The molecule has 1 unspecified atom stereocenters. The van der Waals surface area contributed by atoms with E-state index in [1.807, 2.05) is 0 Å². The summed E-state index contributed by atoms with van der Waals surface area (Å²) in [6, 6.07) is 8.33. The molecular formula is C22H22F2N4O3S. The third-order valence-electron chi connectivity index (χ3n) is 4.91. The number of allylic oxidation sites excluding steroid dienone is 1. The van der Waals surface area contributed by atoms with Crippen molar-refractivity contribution in [1.82, 2.24) is 10.2 Å². The lowest BCUT2D eigenvalue weighted by Crippen LogP contribution is -2.46. The molecule has 1 aliphatic rings. The minimum Gasteiger partial charge on any atom is -0.463 e. The van der Waals surface area contributed by atoms with E-state index in [1.165, 1.54) is 0 Å². The normalized spacial score (nSPS) is 15.8. The highest BCUT2D eigenvalue weighted by Crippen LogP contribution is 2.32. The fraction of sp³-hybridized carbons (Fsp3) is 0.227. The molecule has 3 rings (SSSR count). The van der Waals surface area contributed by atoms with E-state index < -0.39 is 29.7 Å². The summed E-state index contributed by atoms with van der Waals surface area (Å²) >= 11 is 5.37. The molecule has 2 amide bonds. The van der Waals surface area contributed by atoms with E-state index in [2.05, 4.69) is 16.0 Å². The predicted octanol–water partition coefficient (Wildman–Crippen LogP) is 4.31. The summed E-state index contributed by atoms with van der Waals surface area (Å²) in [4.78, 5) is 26.6. The first-order valence-electron chi connectivity index (χ1n) is 9.76. The van der Waals surface area contributed by atoms with E-state index in [1.54, 1.807) is 50.1 Å². The van der Waals surface area contributed by atoms with Gasteiger partial charge < -0.3 is 25.6 Å². The van der Waals surface area contributed by atoms with Gasteiger partial charge in [-0.2, -0.15) is 0 Å². The summed E-state index contributed by atoms with van der Waals surface area (Å²) in [6.45, 7) is 3.72. The fourth-order valence-electron chi connectivity index (χ4n) is 3.23. The molecule has 0 fully saturated rings. The Balaban J connectivity index is 1.84. The van der Waals surface area contributed by atoms with Crippen LogP contribution in [0.15, 0.2) is 53.7 Å². The number of anilines is 2. The molecule has 2 aromatic rings. The second-order valence-corrected chi connectivity index (χ2v) is 7.38. The number of halogens is 2. The lowest BCUT2D eigenvalue weighted by atomic mass is 9.95. The smallest absolute Gasteiger partial charge is 0.338 e. The largest absolute Gasteiger partial charge is 0.463 e. The van der Waals surface area contributed by atoms with Crippen molar-refractivity contribution in [3.8, 4) is 0 Å². The molecule has 10 heteroatoms. The summed E-state index contributed by atoms with van der Waals surface area (Å²) in [5.41, 5.74) is 1.95. The second kappa shape index (κ2) is 9.73. The van der Waals surface area contributed by atoms with Gasteiger partial charge in [-0.25, -0.2) is 18.4 Å². The molecule has 0 aromatic heterocycles. The molecule has 32 heavy (non-hydrogen) atoms. The number of carbonyl (C=O) groups is 2. The van der Waals surface area contributed by atoms with Crippen molar-refractivity contribution in [1.29, 1.82) is 0 Å². The average Bonchev–Trinajstić information content (AvgIpc) is 2.74. The van der Waals surface area contributed by atoms with Crippen molar-refractivity contribution in [3.63, 3.8) is 0 Å². The Morgan fingerprint density at radius 2 is 1.94 bits per heavy atom. The number of hydrogen-bond donors (Lipinski definition) is 3. The molecule has 1 aliphatic heterocycles. The monoisotopic (exact) mass is 460 g/mol. The van der Waals surface area contributed by atoms with Gasteiger partial charge in [0.1, 0.15) is 11.6 Å². The van der Waals surface area contributed by atoms with E-state index >= 15 is 0 Å². The van der Waals surface area contributed by atoms with Crippen LogP contribution in [0.2, 0.25) is 0 Å². The molecule has 7 nitrogen and oxygen atoms in total. The highest BCUT2D eigenvalue weighted by Gasteiger charge is 2.33. The zero-order chi connectivity index (χ0) is 23.4. The Morgan fingerprint density at radius 1 is 1.19 bits per heavy atom. The maximum Gasteiger partial charge on any atom is 0.338 e. The molecular weight excluding hydrogens is 438 g/mol. The van der Waals surface area contributed by atoms with Crippen LogP contribution in [0.1, 0.15) is 25.5 Å². The number of carbonyl (C=O) groups excluding carboxylic acids is 2. The Hall–Kier alpha value is -3.53. The van der Waals surface area contributed by atoms with Crippen LogP contribution in [0.4, 0.5) is 25.0 Å². The number of nitrogens with one attached hydrogen (secondary N) is 3. The summed E-state index contributed by atoms with van der Waals surface area (Å²) in [5.74, 6) is -2.11. The first-order valence-corrected chi connectivity index (χ1v) is 10.2.